The van der Waals surface area contributed by atoms with Gasteiger partial charge in [-0.3, -0.25) is 0 Å². The van der Waals surface area contributed by atoms with Crippen LogP contribution < -0.4 is 5.32 Å². The maximum atomic E-state index is 9.35. The second-order valence-electron chi connectivity index (χ2n) is 4.63. The van der Waals surface area contributed by atoms with E-state index in [9.17, 15) is 5.11 Å². The van der Waals surface area contributed by atoms with Crippen molar-refractivity contribution in [1.29, 1.82) is 0 Å². The normalized spacial score (nSPS) is 18.8. The minimum Gasteiger partial charge on any atom is -0.508 e. The second-order valence-corrected chi connectivity index (χ2v) is 4.63. The Kier molecular flexibility index (Phi) is 3.80. The van der Waals surface area contributed by atoms with Crippen molar-refractivity contribution < 1.29 is 5.11 Å². The number of piperidine rings is 1. The maximum absolute atomic E-state index is 9.35. The van der Waals surface area contributed by atoms with E-state index >= 15 is 0 Å². The summed E-state index contributed by atoms with van der Waals surface area (Å²) in [5, 5.41) is 12.9. The molecule has 1 aliphatic rings. The number of nitrogens with one attached hydrogen (secondary N) is 1. The highest BCUT2D eigenvalue weighted by molar-refractivity contribution is 5.26. The molecule has 1 aromatic rings. The summed E-state index contributed by atoms with van der Waals surface area (Å²) in [5.41, 5.74) is 1.15. The summed E-state index contributed by atoms with van der Waals surface area (Å²) < 4.78 is 0. The van der Waals surface area contributed by atoms with Gasteiger partial charge in [-0.15, -0.1) is 0 Å². The highest BCUT2D eigenvalue weighted by Crippen LogP contribution is 2.12. The molecule has 0 atom stereocenters. The zero-order valence-corrected chi connectivity index (χ0v) is 9.82. The fraction of sp³-hybridized carbons (Fsp3) is 0.538. The van der Waals surface area contributed by atoms with E-state index in [2.05, 4.69) is 17.3 Å². The van der Waals surface area contributed by atoms with Crippen LogP contribution in [0.5, 0.6) is 5.75 Å². The summed E-state index contributed by atoms with van der Waals surface area (Å²) in [6.07, 6.45) is 2.44. The third-order valence-corrected chi connectivity index (χ3v) is 3.22. The number of nitrogens with zero attached hydrogens (tertiary/aromatic N) is 1. The number of likely N-dealkylation sites (tertiary alicyclic amines) is 1. The second kappa shape index (κ2) is 5.32. The average Bonchev–Trinajstić information content (AvgIpc) is 2.28. The molecule has 0 radical (unpaired) electrons. The first-order chi connectivity index (χ1) is 7.74. The minimum absolute atomic E-state index is 0.350. The molecule has 2 N–H and O–H groups in total. The molecular formula is C13H20N2O. The molecule has 3 heteroatoms. The third-order valence-electron chi connectivity index (χ3n) is 3.22. The summed E-state index contributed by atoms with van der Waals surface area (Å²) in [7, 11) is 2.17. The molecule has 1 fully saturated rings. The van der Waals surface area contributed by atoms with Gasteiger partial charge in [-0.05, 0) is 50.7 Å². The van der Waals surface area contributed by atoms with Gasteiger partial charge in [-0.1, -0.05) is 12.1 Å². The summed E-state index contributed by atoms with van der Waals surface area (Å²) in [6, 6.07) is 8.09. The first-order valence-electron chi connectivity index (χ1n) is 5.94. The Bertz CT molecular complexity index is 332. The van der Waals surface area contributed by atoms with E-state index < -0.39 is 0 Å². The van der Waals surface area contributed by atoms with Crippen LogP contribution in [0.2, 0.25) is 0 Å². The van der Waals surface area contributed by atoms with Gasteiger partial charge in [0.05, 0.1) is 0 Å². The molecule has 0 amide bonds. The van der Waals surface area contributed by atoms with Gasteiger partial charge in [0.25, 0.3) is 0 Å². The smallest absolute Gasteiger partial charge is 0.115 e. The van der Waals surface area contributed by atoms with Gasteiger partial charge in [0.2, 0.25) is 0 Å². The standard InChI is InChI=1S/C13H20N2O/c1-15-7-5-12(6-8-15)14-10-11-3-2-4-13(16)9-11/h2-4,9,12,14,16H,5-8,10H2,1H3. The Labute approximate surface area is 97.1 Å². The van der Waals surface area contributed by atoms with Crippen molar-refractivity contribution in [3.05, 3.63) is 29.8 Å². The number of hydrogen-bond donors (Lipinski definition) is 2. The molecule has 0 spiro atoms. The van der Waals surface area contributed by atoms with Crippen molar-refractivity contribution in [1.82, 2.24) is 10.2 Å². The molecule has 0 bridgehead atoms. The van der Waals surface area contributed by atoms with Crippen LogP contribution in [-0.4, -0.2) is 36.2 Å². The number of aromatic hydroxyl groups is 1. The number of benzene rings is 1. The molecule has 2 rings (SSSR count). The molecule has 1 aliphatic heterocycles. The van der Waals surface area contributed by atoms with Gasteiger partial charge in [-0.2, -0.15) is 0 Å². The Balaban J connectivity index is 1.79. The van der Waals surface area contributed by atoms with E-state index in [1.165, 1.54) is 25.9 Å². The van der Waals surface area contributed by atoms with E-state index in [1.807, 2.05) is 18.2 Å². The fourth-order valence-electron chi connectivity index (χ4n) is 2.14. The van der Waals surface area contributed by atoms with Crippen molar-refractivity contribution in [2.24, 2.45) is 0 Å². The Morgan fingerprint density at radius 3 is 2.81 bits per heavy atom. The molecular weight excluding hydrogens is 200 g/mol. The van der Waals surface area contributed by atoms with Gasteiger partial charge in [0.15, 0.2) is 0 Å². The molecule has 0 saturated carbocycles. The number of hydrogen-bond acceptors (Lipinski definition) is 3. The lowest BCUT2D eigenvalue weighted by Gasteiger charge is -2.29. The van der Waals surface area contributed by atoms with Crippen LogP contribution in [0.1, 0.15) is 18.4 Å². The third kappa shape index (κ3) is 3.22. The van der Waals surface area contributed by atoms with Gasteiger partial charge in [0.1, 0.15) is 5.75 Å². The zero-order valence-electron chi connectivity index (χ0n) is 9.82. The Hall–Kier alpha value is -1.06. The first-order valence-corrected chi connectivity index (χ1v) is 5.94. The van der Waals surface area contributed by atoms with Crippen molar-refractivity contribution in [2.75, 3.05) is 20.1 Å². The Morgan fingerprint density at radius 2 is 2.12 bits per heavy atom. The molecule has 16 heavy (non-hydrogen) atoms. The van der Waals surface area contributed by atoms with E-state index in [0.29, 0.717) is 11.8 Å². The highest BCUT2D eigenvalue weighted by atomic mass is 16.3. The van der Waals surface area contributed by atoms with Gasteiger partial charge >= 0.3 is 0 Å². The van der Waals surface area contributed by atoms with E-state index in [-0.39, 0.29) is 0 Å². The average molecular weight is 220 g/mol. The predicted molar refractivity (Wildman–Crippen MR) is 65.5 cm³/mol. The highest BCUT2D eigenvalue weighted by Gasteiger charge is 2.15. The summed E-state index contributed by atoms with van der Waals surface area (Å²) in [6.45, 7) is 3.21. The van der Waals surface area contributed by atoms with E-state index in [1.54, 1.807) is 6.07 Å². The van der Waals surface area contributed by atoms with Crippen molar-refractivity contribution in [2.45, 2.75) is 25.4 Å². The summed E-state index contributed by atoms with van der Waals surface area (Å²) in [4.78, 5) is 2.37. The van der Waals surface area contributed by atoms with E-state index in [4.69, 9.17) is 0 Å². The molecule has 1 saturated heterocycles. The van der Waals surface area contributed by atoms with Crippen LogP contribution in [0.3, 0.4) is 0 Å². The predicted octanol–water partition coefficient (Wildman–Crippen LogP) is 1.58. The van der Waals surface area contributed by atoms with Gasteiger partial charge in [0, 0.05) is 12.6 Å². The Morgan fingerprint density at radius 1 is 1.38 bits per heavy atom. The monoisotopic (exact) mass is 220 g/mol. The number of rotatable bonds is 3. The quantitative estimate of drug-likeness (QED) is 0.811. The van der Waals surface area contributed by atoms with Crippen molar-refractivity contribution >= 4 is 0 Å². The maximum Gasteiger partial charge on any atom is 0.115 e. The summed E-state index contributed by atoms with van der Waals surface area (Å²) >= 11 is 0. The number of phenols is 1. The number of phenolic OH excluding ortho intramolecular Hbond substituents is 1. The molecule has 0 unspecified atom stereocenters. The van der Waals surface area contributed by atoms with Crippen LogP contribution in [0.4, 0.5) is 0 Å². The van der Waals surface area contributed by atoms with Crippen LogP contribution in [0.25, 0.3) is 0 Å². The van der Waals surface area contributed by atoms with Crippen LogP contribution in [0.15, 0.2) is 24.3 Å². The van der Waals surface area contributed by atoms with Crippen molar-refractivity contribution in [3.63, 3.8) is 0 Å². The molecule has 0 aromatic heterocycles. The summed E-state index contributed by atoms with van der Waals surface area (Å²) in [5.74, 6) is 0.350. The van der Waals surface area contributed by atoms with E-state index in [0.717, 1.165) is 12.1 Å². The SMILES string of the molecule is CN1CCC(NCc2cccc(O)c2)CC1. The fourth-order valence-corrected chi connectivity index (χ4v) is 2.14. The molecule has 1 aromatic carbocycles. The van der Waals surface area contributed by atoms with Gasteiger partial charge in [-0.25, -0.2) is 0 Å². The molecule has 3 nitrogen and oxygen atoms in total. The lowest BCUT2D eigenvalue weighted by atomic mass is 10.1. The van der Waals surface area contributed by atoms with Gasteiger partial charge < -0.3 is 15.3 Å². The van der Waals surface area contributed by atoms with Crippen LogP contribution in [-0.2, 0) is 6.54 Å². The molecule has 1 heterocycles. The van der Waals surface area contributed by atoms with Crippen molar-refractivity contribution in [3.8, 4) is 5.75 Å². The molecule has 88 valence electrons. The largest absolute Gasteiger partial charge is 0.508 e. The van der Waals surface area contributed by atoms with Crippen LogP contribution in [0, 0.1) is 0 Å². The molecule has 0 aliphatic carbocycles. The minimum atomic E-state index is 0.350. The lowest BCUT2D eigenvalue weighted by Crippen LogP contribution is -2.40. The topological polar surface area (TPSA) is 35.5 Å². The lowest BCUT2D eigenvalue weighted by molar-refractivity contribution is 0.234. The van der Waals surface area contributed by atoms with Crippen LogP contribution >= 0.6 is 0 Å². The zero-order chi connectivity index (χ0) is 11.4. The first kappa shape index (κ1) is 11.4.